The van der Waals surface area contributed by atoms with Crippen LogP contribution in [0.15, 0.2) is 33.9 Å². The molecule has 29 heavy (non-hydrogen) atoms. The minimum Gasteiger partial charge on any atom is -0.491 e. The van der Waals surface area contributed by atoms with E-state index in [-0.39, 0.29) is 43.4 Å². The first-order valence-electron chi connectivity index (χ1n) is 9.22. The first kappa shape index (κ1) is 20.6. The molecule has 0 aliphatic carbocycles. The molecule has 10 nitrogen and oxygen atoms in total. The van der Waals surface area contributed by atoms with Crippen molar-refractivity contribution in [2.75, 3.05) is 25.1 Å². The molecule has 0 spiro atoms. The van der Waals surface area contributed by atoms with E-state index in [1.165, 1.54) is 23.2 Å². The van der Waals surface area contributed by atoms with Crippen molar-refractivity contribution in [2.24, 2.45) is 14.1 Å². The standard InChI is InChI=1S/C19H25N5O5/c1-12-4-6-14(7-5-12)29-11-13(26)10-24-15-16(21-18(24)20-8-9-25)22(2)19(28)23(3)17(15)27/h4-7,13,25-26H,8-11H2,1-3H3,(H,20,21). The van der Waals surface area contributed by atoms with Crippen LogP contribution < -0.4 is 21.3 Å². The molecule has 1 aromatic carbocycles. The summed E-state index contributed by atoms with van der Waals surface area (Å²) in [6, 6.07) is 7.45. The summed E-state index contributed by atoms with van der Waals surface area (Å²) < 4.78 is 9.39. The van der Waals surface area contributed by atoms with Crippen molar-refractivity contribution in [3.8, 4) is 5.75 Å². The average Bonchev–Trinajstić information content (AvgIpc) is 3.07. The number of fused-ring (bicyclic) bond motifs is 1. The topological polar surface area (TPSA) is 124 Å². The number of rotatable bonds is 8. The zero-order chi connectivity index (χ0) is 21.1. The van der Waals surface area contributed by atoms with Gasteiger partial charge in [-0.2, -0.15) is 4.98 Å². The highest BCUT2D eigenvalue weighted by atomic mass is 16.5. The SMILES string of the molecule is Cc1ccc(OCC(O)Cn2c(NCCO)nc3c2c(=O)n(C)c(=O)n3C)cc1. The Morgan fingerprint density at radius 3 is 2.52 bits per heavy atom. The van der Waals surface area contributed by atoms with Crippen LogP contribution in [-0.2, 0) is 20.6 Å². The lowest BCUT2D eigenvalue weighted by molar-refractivity contribution is 0.0938. The van der Waals surface area contributed by atoms with E-state index < -0.39 is 17.4 Å². The Labute approximate surface area is 166 Å². The van der Waals surface area contributed by atoms with Gasteiger partial charge in [0, 0.05) is 20.6 Å². The van der Waals surface area contributed by atoms with Gasteiger partial charge in [-0.05, 0) is 19.1 Å². The van der Waals surface area contributed by atoms with E-state index in [9.17, 15) is 14.7 Å². The minimum absolute atomic E-state index is 0.00819. The summed E-state index contributed by atoms with van der Waals surface area (Å²) in [6.45, 7) is 2.06. The van der Waals surface area contributed by atoms with Crippen molar-refractivity contribution < 1.29 is 14.9 Å². The molecule has 1 unspecified atom stereocenters. The number of aryl methyl sites for hydroxylation is 2. The fourth-order valence-corrected chi connectivity index (χ4v) is 3.02. The lowest BCUT2D eigenvalue weighted by Gasteiger charge is -2.16. The van der Waals surface area contributed by atoms with E-state index in [4.69, 9.17) is 9.84 Å². The quantitative estimate of drug-likeness (QED) is 0.467. The fourth-order valence-electron chi connectivity index (χ4n) is 3.02. The predicted molar refractivity (Wildman–Crippen MR) is 108 cm³/mol. The first-order valence-corrected chi connectivity index (χ1v) is 9.22. The number of anilines is 1. The molecule has 156 valence electrons. The van der Waals surface area contributed by atoms with Crippen LogP contribution in [0.3, 0.4) is 0 Å². The van der Waals surface area contributed by atoms with E-state index in [1.807, 2.05) is 31.2 Å². The Kier molecular flexibility index (Phi) is 6.04. The molecular formula is C19H25N5O5. The number of nitrogens with zero attached hydrogens (tertiary/aromatic N) is 4. The molecule has 0 radical (unpaired) electrons. The van der Waals surface area contributed by atoms with Gasteiger partial charge < -0.3 is 24.8 Å². The predicted octanol–water partition coefficient (Wildman–Crippen LogP) is -0.414. The second kappa shape index (κ2) is 8.50. The number of ether oxygens (including phenoxy) is 1. The summed E-state index contributed by atoms with van der Waals surface area (Å²) in [7, 11) is 2.91. The van der Waals surface area contributed by atoms with Gasteiger partial charge in [-0.15, -0.1) is 0 Å². The van der Waals surface area contributed by atoms with Crippen LogP contribution in [0.4, 0.5) is 5.95 Å². The third kappa shape index (κ3) is 4.17. The molecule has 0 fully saturated rings. The molecule has 0 aliphatic rings. The highest BCUT2D eigenvalue weighted by molar-refractivity contribution is 5.74. The van der Waals surface area contributed by atoms with Crippen molar-refractivity contribution in [3.05, 3.63) is 50.7 Å². The third-order valence-electron chi connectivity index (χ3n) is 4.60. The molecular weight excluding hydrogens is 378 g/mol. The molecule has 3 N–H and O–H groups in total. The summed E-state index contributed by atoms with van der Waals surface area (Å²) in [6.07, 6.45) is -0.940. The van der Waals surface area contributed by atoms with Gasteiger partial charge in [-0.3, -0.25) is 13.9 Å². The Bertz CT molecular complexity index is 1110. The van der Waals surface area contributed by atoms with E-state index >= 15 is 0 Å². The first-order chi connectivity index (χ1) is 13.8. The minimum atomic E-state index is -0.940. The molecule has 0 saturated heterocycles. The molecule has 3 aromatic rings. The van der Waals surface area contributed by atoms with Gasteiger partial charge in [-0.25, -0.2) is 4.79 Å². The van der Waals surface area contributed by atoms with Crippen LogP contribution in [-0.4, -0.2) is 54.8 Å². The molecule has 10 heteroatoms. The largest absolute Gasteiger partial charge is 0.491 e. The van der Waals surface area contributed by atoms with Gasteiger partial charge in [0.25, 0.3) is 5.56 Å². The van der Waals surface area contributed by atoms with Crippen LogP contribution in [0, 0.1) is 6.92 Å². The smallest absolute Gasteiger partial charge is 0.332 e. The molecule has 0 bridgehead atoms. The van der Waals surface area contributed by atoms with Crippen molar-refractivity contribution in [3.63, 3.8) is 0 Å². The number of benzene rings is 1. The second-order valence-electron chi connectivity index (χ2n) is 6.85. The molecule has 2 heterocycles. The Morgan fingerprint density at radius 2 is 1.86 bits per heavy atom. The van der Waals surface area contributed by atoms with E-state index in [2.05, 4.69) is 10.3 Å². The van der Waals surface area contributed by atoms with Gasteiger partial charge in [0.1, 0.15) is 18.5 Å². The summed E-state index contributed by atoms with van der Waals surface area (Å²) >= 11 is 0. The van der Waals surface area contributed by atoms with Crippen LogP contribution in [0.5, 0.6) is 5.75 Å². The highest BCUT2D eigenvalue weighted by Crippen LogP contribution is 2.17. The van der Waals surface area contributed by atoms with Crippen molar-refractivity contribution in [1.82, 2.24) is 18.7 Å². The van der Waals surface area contributed by atoms with Crippen LogP contribution in [0.25, 0.3) is 11.2 Å². The van der Waals surface area contributed by atoms with Crippen molar-refractivity contribution in [1.29, 1.82) is 0 Å². The zero-order valence-corrected chi connectivity index (χ0v) is 16.6. The van der Waals surface area contributed by atoms with Crippen molar-refractivity contribution in [2.45, 2.75) is 19.6 Å². The van der Waals surface area contributed by atoms with Crippen LogP contribution in [0.2, 0.25) is 0 Å². The summed E-state index contributed by atoms with van der Waals surface area (Å²) in [5.41, 5.74) is 0.474. The molecule has 0 amide bonds. The van der Waals surface area contributed by atoms with Gasteiger partial charge in [0.2, 0.25) is 5.95 Å². The number of aliphatic hydroxyl groups is 2. The molecule has 2 aromatic heterocycles. The van der Waals surface area contributed by atoms with E-state index in [1.54, 1.807) is 0 Å². The number of nitrogens with one attached hydrogen (secondary N) is 1. The maximum Gasteiger partial charge on any atom is 0.332 e. The van der Waals surface area contributed by atoms with E-state index in [0.29, 0.717) is 5.75 Å². The number of imidazole rings is 1. The number of hydrogen-bond acceptors (Lipinski definition) is 7. The second-order valence-corrected chi connectivity index (χ2v) is 6.85. The van der Waals surface area contributed by atoms with Crippen molar-refractivity contribution >= 4 is 17.1 Å². The number of aromatic nitrogens is 4. The summed E-state index contributed by atoms with van der Waals surface area (Å²) in [5, 5.41) is 22.5. The highest BCUT2D eigenvalue weighted by Gasteiger charge is 2.21. The monoisotopic (exact) mass is 403 g/mol. The fraction of sp³-hybridized carbons (Fsp3) is 0.421. The normalized spacial score (nSPS) is 12.3. The van der Waals surface area contributed by atoms with Gasteiger partial charge in [-0.1, -0.05) is 17.7 Å². The van der Waals surface area contributed by atoms with Gasteiger partial charge >= 0.3 is 5.69 Å². The van der Waals surface area contributed by atoms with Crippen LogP contribution in [0.1, 0.15) is 5.56 Å². The summed E-state index contributed by atoms with van der Waals surface area (Å²) in [5.74, 6) is 0.906. The Balaban J connectivity index is 1.92. The van der Waals surface area contributed by atoms with E-state index in [0.717, 1.165) is 10.1 Å². The average molecular weight is 403 g/mol. The summed E-state index contributed by atoms with van der Waals surface area (Å²) in [4.78, 5) is 29.2. The molecule has 0 aliphatic heterocycles. The number of hydrogen-bond donors (Lipinski definition) is 3. The maximum atomic E-state index is 12.7. The maximum absolute atomic E-state index is 12.7. The molecule has 3 rings (SSSR count). The lowest BCUT2D eigenvalue weighted by Crippen LogP contribution is -2.38. The Morgan fingerprint density at radius 1 is 1.17 bits per heavy atom. The Hall–Kier alpha value is -3.11. The molecule has 1 atom stereocenters. The van der Waals surface area contributed by atoms with Crippen LogP contribution >= 0.6 is 0 Å². The zero-order valence-electron chi connectivity index (χ0n) is 16.6. The van der Waals surface area contributed by atoms with Gasteiger partial charge in [0.05, 0.1) is 13.2 Å². The number of aliphatic hydroxyl groups excluding tert-OH is 2. The lowest BCUT2D eigenvalue weighted by atomic mass is 10.2. The van der Waals surface area contributed by atoms with Gasteiger partial charge in [0.15, 0.2) is 11.2 Å². The molecule has 0 saturated carbocycles. The third-order valence-corrected chi connectivity index (χ3v) is 4.60.